The lowest BCUT2D eigenvalue weighted by Crippen LogP contribution is -2.30. The standard InChI is InChI=1S/C18H30N2O/c1-4-9-19-11-15-7-5-6-8-18(15)16-10-17(13-20-12-16)21-14(2)3/h10,12-15,18-19H,4-9,11H2,1-3H3. The molecular formula is C18H30N2O. The Balaban J connectivity index is 2.05. The van der Waals surface area contributed by atoms with Crippen molar-refractivity contribution in [2.24, 2.45) is 5.92 Å². The highest BCUT2D eigenvalue weighted by Crippen LogP contribution is 2.38. The van der Waals surface area contributed by atoms with Gasteiger partial charge in [0.1, 0.15) is 5.75 Å². The molecule has 1 N–H and O–H groups in total. The summed E-state index contributed by atoms with van der Waals surface area (Å²) in [4.78, 5) is 4.40. The van der Waals surface area contributed by atoms with E-state index < -0.39 is 0 Å². The monoisotopic (exact) mass is 290 g/mol. The highest BCUT2D eigenvalue weighted by Gasteiger charge is 2.26. The number of aromatic nitrogens is 1. The van der Waals surface area contributed by atoms with Crippen LogP contribution in [-0.2, 0) is 0 Å². The molecule has 2 unspecified atom stereocenters. The largest absolute Gasteiger partial charge is 0.489 e. The van der Waals surface area contributed by atoms with Crippen LogP contribution in [0.5, 0.6) is 5.75 Å². The highest BCUT2D eigenvalue weighted by molar-refractivity contribution is 5.27. The minimum absolute atomic E-state index is 0.204. The average molecular weight is 290 g/mol. The zero-order valence-corrected chi connectivity index (χ0v) is 13.8. The van der Waals surface area contributed by atoms with Crippen LogP contribution in [0.25, 0.3) is 0 Å². The maximum Gasteiger partial charge on any atom is 0.138 e. The smallest absolute Gasteiger partial charge is 0.138 e. The first-order chi connectivity index (χ1) is 10.2. The second-order valence-electron chi connectivity index (χ2n) is 6.48. The molecule has 0 aromatic carbocycles. The molecule has 1 aliphatic carbocycles. The van der Waals surface area contributed by atoms with Gasteiger partial charge in [-0.15, -0.1) is 0 Å². The Morgan fingerprint density at radius 2 is 2.10 bits per heavy atom. The van der Waals surface area contributed by atoms with Crippen LogP contribution in [-0.4, -0.2) is 24.2 Å². The Bertz CT molecular complexity index is 419. The Labute approximate surface area is 129 Å². The molecule has 1 aliphatic rings. The first-order valence-corrected chi connectivity index (χ1v) is 8.53. The summed E-state index contributed by atoms with van der Waals surface area (Å²) in [5.41, 5.74) is 1.36. The summed E-state index contributed by atoms with van der Waals surface area (Å²) in [6, 6.07) is 2.20. The molecule has 2 atom stereocenters. The normalized spacial score (nSPS) is 22.5. The van der Waals surface area contributed by atoms with Crippen molar-refractivity contribution < 1.29 is 4.74 Å². The van der Waals surface area contributed by atoms with Gasteiger partial charge in [-0.05, 0) is 69.7 Å². The molecule has 21 heavy (non-hydrogen) atoms. The predicted molar refractivity (Wildman–Crippen MR) is 87.9 cm³/mol. The van der Waals surface area contributed by atoms with Gasteiger partial charge in [0.2, 0.25) is 0 Å². The quantitative estimate of drug-likeness (QED) is 0.766. The van der Waals surface area contributed by atoms with Crippen molar-refractivity contribution in [3.05, 3.63) is 24.0 Å². The van der Waals surface area contributed by atoms with Crippen molar-refractivity contribution in [1.29, 1.82) is 0 Å². The molecular weight excluding hydrogens is 260 g/mol. The van der Waals surface area contributed by atoms with Crippen LogP contribution in [0.3, 0.4) is 0 Å². The van der Waals surface area contributed by atoms with Crippen LogP contribution in [0.1, 0.15) is 64.4 Å². The lowest BCUT2D eigenvalue weighted by molar-refractivity contribution is 0.240. The Morgan fingerprint density at radius 1 is 1.29 bits per heavy atom. The minimum atomic E-state index is 0.204. The summed E-state index contributed by atoms with van der Waals surface area (Å²) < 4.78 is 5.80. The summed E-state index contributed by atoms with van der Waals surface area (Å²) in [6.07, 6.45) is 10.6. The number of rotatable bonds is 7. The van der Waals surface area contributed by atoms with Crippen molar-refractivity contribution in [2.75, 3.05) is 13.1 Å². The van der Waals surface area contributed by atoms with Crippen LogP contribution in [0.15, 0.2) is 18.5 Å². The van der Waals surface area contributed by atoms with Crippen molar-refractivity contribution >= 4 is 0 Å². The van der Waals surface area contributed by atoms with E-state index in [1.54, 1.807) is 0 Å². The van der Waals surface area contributed by atoms with E-state index in [0.29, 0.717) is 5.92 Å². The van der Waals surface area contributed by atoms with E-state index in [4.69, 9.17) is 4.74 Å². The third-order valence-corrected chi connectivity index (χ3v) is 4.28. The number of hydrogen-bond donors (Lipinski definition) is 1. The number of hydrogen-bond acceptors (Lipinski definition) is 3. The van der Waals surface area contributed by atoms with Gasteiger partial charge < -0.3 is 10.1 Å². The van der Waals surface area contributed by atoms with Gasteiger partial charge in [-0.25, -0.2) is 0 Å². The summed E-state index contributed by atoms with van der Waals surface area (Å²) in [5, 5.41) is 3.60. The van der Waals surface area contributed by atoms with Crippen LogP contribution >= 0.6 is 0 Å². The molecule has 3 heteroatoms. The molecule has 2 rings (SSSR count). The lowest BCUT2D eigenvalue weighted by atomic mass is 9.76. The number of pyridine rings is 1. The van der Waals surface area contributed by atoms with Crippen LogP contribution in [0.2, 0.25) is 0 Å². The van der Waals surface area contributed by atoms with Crippen molar-refractivity contribution in [3.8, 4) is 5.75 Å². The zero-order valence-electron chi connectivity index (χ0n) is 13.8. The molecule has 0 saturated heterocycles. The summed E-state index contributed by atoms with van der Waals surface area (Å²) >= 11 is 0. The van der Waals surface area contributed by atoms with Crippen LogP contribution in [0.4, 0.5) is 0 Å². The number of ether oxygens (including phenoxy) is 1. The topological polar surface area (TPSA) is 34.2 Å². The van der Waals surface area contributed by atoms with Gasteiger partial charge in [-0.1, -0.05) is 19.8 Å². The molecule has 1 saturated carbocycles. The molecule has 0 spiro atoms. The molecule has 1 aromatic rings. The molecule has 0 radical (unpaired) electrons. The predicted octanol–water partition coefficient (Wildman–Crippen LogP) is 4.14. The molecule has 0 aliphatic heterocycles. The van der Waals surface area contributed by atoms with E-state index in [-0.39, 0.29) is 6.10 Å². The van der Waals surface area contributed by atoms with Gasteiger partial charge in [0.25, 0.3) is 0 Å². The third kappa shape index (κ3) is 4.99. The zero-order chi connectivity index (χ0) is 15.1. The molecule has 118 valence electrons. The number of nitrogens with one attached hydrogen (secondary N) is 1. The molecule has 0 amide bonds. The van der Waals surface area contributed by atoms with E-state index in [0.717, 1.165) is 24.8 Å². The summed E-state index contributed by atoms with van der Waals surface area (Å²) in [5.74, 6) is 2.28. The van der Waals surface area contributed by atoms with Gasteiger partial charge in [0.15, 0.2) is 0 Å². The molecule has 1 fully saturated rings. The van der Waals surface area contributed by atoms with Gasteiger partial charge in [0, 0.05) is 6.20 Å². The van der Waals surface area contributed by atoms with Crippen LogP contribution < -0.4 is 10.1 Å². The van der Waals surface area contributed by atoms with Crippen LogP contribution in [0, 0.1) is 5.92 Å². The average Bonchev–Trinajstić information content (AvgIpc) is 2.48. The van der Waals surface area contributed by atoms with Crippen molar-refractivity contribution in [3.63, 3.8) is 0 Å². The van der Waals surface area contributed by atoms with E-state index in [2.05, 4.69) is 37.1 Å². The van der Waals surface area contributed by atoms with Crippen molar-refractivity contribution in [2.45, 2.75) is 64.9 Å². The fourth-order valence-corrected chi connectivity index (χ4v) is 3.33. The van der Waals surface area contributed by atoms with Crippen molar-refractivity contribution in [1.82, 2.24) is 10.3 Å². The van der Waals surface area contributed by atoms with E-state index >= 15 is 0 Å². The first-order valence-electron chi connectivity index (χ1n) is 8.53. The maximum absolute atomic E-state index is 5.80. The Hall–Kier alpha value is -1.09. The summed E-state index contributed by atoms with van der Waals surface area (Å²) in [6.45, 7) is 8.60. The fraction of sp³-hybridized carbons (Fsp3) is 0.722. The van der Waals surface area contributed by atoms with E-state index in [9.17, 15) is 0 Å². The third-order valence-electron chi connectivity index (χ3n) is 4.28. The van der Waals surface area contributed by atoms with Gasteiger partial charge in [-0.2, -0.15) is 0 Å². The Morgan fingerprint density at radius 3 is 2.86 bits per heavy atom. The minimum Gasteiger partial charge on any atom is -0.489 e. The number of nitrogens with zero attached hydrogens (tertiary/aromatic N) is 1. The lowest BCUT2D eigenvalue weighted by Gasteiger charge is -2.32. The van der Waals surface area contributed by atoms with E-state index in [1.165, 1.54) is 37.7 Å². The van der Waals surface area contributed by atoms with E-state index in [1.807, 2.05) is 12.4 Å². The molecule has 1 heterocycles. The maximum atomic E-state index is 5.80. The Kier molecular flexibility index (Phi) is 6.50. The summed E-state index contributed by atoms with van der Waals surface area (Å²) in [7, 11) is 0. The van der Waals surface area contributed by atoms with Gasteiger partial charge in [0.05, 0.1) is 12.3 Å². The fourth-order valence-electron chi connectivity index (χ4n) is 3.33. The molecule has 3 nitrogen and oxygen atoms in total. The van der Waals surface area contributed by atoms with Gasteiger partial charge >= 0.3 is 0 Å². The second kappa shape index (κ2) is 8.38. The highest BCUT2D eigenvalue weighted by atomic mass is 16.5. The SMILES string of the molecule is CCCNCC1CCCCC1c1cncc(OC(C)C)c1. The molecule has 1 aromatic heterocycles. The molecule has 0 bridgehead atoms. The van der Waals surface area contributed by atoms with Gasteiger partial charge in [-0.3, -0.25) is 4.98 Å². The first kappa shape index (κ1) is 16.3. The second-order valence-corrected chi connectivity index (χ2v) is 6.48.